The van der Waals surface area contributed by atoms with E-state index in [1.807, 2.05) is 69.3 Å². The Kier molecular flexibility index (Phi) is 16.1. The SMILES string of the molecule is C[CH]=[Ti+2].Cc1ccc(O)c(C(C)(C)C)c1.Cc1ccc(O)c(C(C)(C)C)c1.[Cl-].[Cl-]. The molecule has 0 aliphatic heterocycles. The van der Waals surface area contributed by atoms with Gasteiger partial charge in [0.1, 0.15) is 11.5 Å². The Morgan fingerprint density at radius 3 is 1.10 bits per heavy atom. The molecule has 2 nitrogen and oxygen atoms in total. The molecular weight excluding hydrogens is 439 g/mol. The summed E-state index contributed by atoms with van der Waals surface area (Å²) in [6.07, 6.45) is 0. The van der Waals surface area contributed by atoms with Crippen LogP contribution < -0.4 is 24.8 Å². The predicted octanol–water partition coefficient (Wildman–Crippen LogP) is 0.360. The van der Waals surface area contributed by atoms with Crippen molar-refractivity contribution in [3.8, 4) is 11.5 Å². The van der Waals surface area contributed by atoms with Crippen molar-refractivity contribution in [2.45, 2.75) is 73.1 Å². The molecule has 0 aliphatic carbocycles. The van der Waals surface area contributed by atoms with Gasteiger partial charge < -0.3 is 35.0 Å². The molecule has 0 aliphatic rings. The molecule has 0 spiro atoms. The van der Waals surface area contributed by atoms with Gasteiger partial charge in [0.05, 0.1) is 0 Å². The van der Waals surface area contributed by atoms with Gasteiger partial charge in [0.2, 0.25) is 0 Å². The zero-order chi connectivity index (χ0) is 21.4. The zero-order valence-electron chi connectivity index (χ0n) is 19.2. The van der Waals surface area contributed by atoms with Crippen molar-refractivity contribution < 1.29 is 55.0 Å². The summed E-state index contributed by atoms with van der Waals surface area (Å²) in [7, 11) is 0. The first kappa shape index (κ1) is 32.9. The van der Waals surface area contributed by atoms with E-state index >= 15 is 0 Å². The molecule has 0 unspecified atom stereocenters. The maximum atomic E-state index is 9.57. The molecule has 0 amide bonds. The summed E-state index contributed by atoms with van der Waals surface area (Å²) in [4.78, 5) is 0. The second-order valence-corrected chi connectivity index (χ2v) is 9.73. The normalized spacial score (nSPS) is 10.2. The number of phenols is 2. The van der Waals surface area contributed by atoms with Gasteiger partial charge in [-0.1, -0.05) is 76.9 Å². The van der Waals surface area contributed by atoms with E-state index in [-0.39, 0.29) is 35.6 Å². The largest absolute Gasteiger partial charge is 1.00 e. The first-order chi connectivity index (χ1) is 12.2. The average molecular weight is 475 g/mol. The van der Waals surface area contributed by atoms with E-state index in [1.54, 1.807) is 12.1 Å². The van der Waals surface area contributed by atoms with Crippen molar-refractivity contribution in [2.24, 2.45) is 0 Å². The van der Waals surface area contributed by atoms with Gasteiger partial charge in [-0.05, 0) is 47.9 Å². The summed E-state index contributed by atoms with van der Waals surface area (Å²) in [6, 6.07) is 11.4. The summed E-state index contributed by atoms with van der Waals surface area (Å²) < 4.78 is 2.00. The minimum Gasteiger partial charge on any atom is -1.00 e. The molecule has 162 valence electrons. The summed E-state index contributed by atoms with van der Waals surface area (Å²) in [6.45, 7) is 18.7. The molecule has 2 N–H and O–H groups in total. The summed E-state index contributed by atoms with van der Waals surface area (Å²) in [5.74, 6) is 0.793. The number of benzene rings is 2. The van der Waals surface area contributed by atoms with Crippen LogP contribution in [-0.2, 0) is 30.8 Å². The van der Waals surface area contributed by atoms with Crippen LogP contribution in [0.3, 0.4) is 0 Å². The van der Waals surface area contributed by atoms with Gasteiger partial charge in [0.25, 0.3) is 0 Å². The molecule has 0 saturated heterocycles. The molecule has 0 heterocycles. The first-order valence-corrected chi connectivity index (χ1v) is 10.2. The number of hydrogen-bond donors (Lipinski definition) is 2. The smallest absolute Gasteiger partial charge is 0.119 e. The summed E-state index contributed by atoms with van der Waals surface area (Å²) in [5.41, 5.74) is 4.46. The van der Waals surface area contributed by atoms with Crippen LogP contribution in [0.25, 0.3) is 0 Å². The van der Waals surface area contributed by atoms with E-state index in [0.717, 1.165) is 11.1 Å². The third-order valence-electron chi connectivity index (χ3n) is 3.92. The molecule has 2 rings (SSSR count). The van der Waals surface area contributed by atoms with Crippen LogP contribution in [0.2, 0.25) is 0 Å². The molecule has 5 heteroatoms. The Labute approximate surface area is 201 Å². The van der Waals surface area contributed by atoms with E-state index in [1.165, 1.54) is 11.1 Å². The van der Waals surface area contributed by atoms with Gasteiger partial charge in [-0.15, -0.1) is 0 Å². The number of halogens is 2. The Morgan fingerprint density at radius 1 is 0.690 bits per heavy atom. The maximum absolute atomic E-state index is 9.57. The van der Waals surface area contributed by atoms with E-state index in [4.69, 9.17) is 0 Å². The van der Waals surface area contributed by atoms with Crippen LogP contribution in [0.15, 0.2) is 36.4 Å². The van der Waals surface area contributed by atoms with E-state index in [9.17, 15) is 10.2 Å². The number of phenolic OH excluding ortho intramolecular Hbond substituents is 2. The topological polar surface area (TPSA) is 40.5 Å². The number of aromatic hydroxyl groups is 2. The minimum atomic E-state index is 0. The molecular formula is C24H36Cl2O2Ti. The fourth-order valence-electron chi connectivity index (χ4n) is 2.50. The van der Waals surface area contributed by atoms with Crippen LogP contribution in [0.1, 0.15) is 70.7 Å². The van der Waals surface area contributed by atoms with Gasteiger partial charge in [-0.2, -0.15) is 0 Å². The molecule has 2 aromatic carbocycles. The van der Waals surface area contributed by atoms with Crippen molar-refractivity contribution in [2.75, 3.05) is 0 Å². The van der Waals surface area contributed by atoms with E-state index < -0.39 is 0 Å². The predicted molar refractivity (Wildman–Crippen MR) is 115 cm³/mol. The Hall–Kier alpha value is -0.796. The van der Waals surface area contributed by atoms with Crippen molar-refractivity contribution in [1.82, 2.24) is 0 Å². The summed E-state index contributed by atoms with van der Waals surface area (Å²) in [5, 5.41) is 19.1. The Balaban J connectivity index is -0.000000387. The second kappa shape index (κ2) is 14.3. The van der Waals surface area contributed by atoms with Crippen LogP contribution in [0, 0.1) is 13.8 Å². The van der Waals surface area contributed by atoms with Crippen molar-refractivity contribution in [3.05, 3.63) is 58.7 Å². The Bertz CT molecular complexity index is 684. The first-order valence-electron chi connectivity index (χ1n) is 9.29. The quantitative estimate of drug-likeness (QED) is 0.541. The van der Waals surface area contributed by atoms with Crippen LogP contribution in [-0.4, -0.2) is 14.5 Å². The average Bonchev–Trinajstić information content (AvgIpc) is 2.51. The fourth-order valence-corrected chi connectivity index (χ4v) is 2.50. The van der Waals surface area contributed by atoms with Crippen molar-refractivity contribution >= 4 is 4.31 Å². The summed E-state index contributed by atoms with van der Waals surface area (Å²) >= 11 is 2.00. The van der Waals surface area contributed by atoms with Gasteiger partial charge in [0.15, 0.2) is 0 Å². The molecule has 2 aromatic rings. The van der Waals surface area contributed by atoms with Crippen LogP contribution in [0.5, 0.6) is 11.5 Å². The van der Waals surface area contributed by atoms with Crippen molar-refractivity contribution in [1.29, 1.82) is 0 Å². The molecule has 29 heavy (non-hydrogen) atoms. The van der Waals surface area contributed by atoms with Gasteiger partial charge >= 0.3 is 31.2 Å². The number of hydrogen-bond acceptors (Lipinski definition) is 2. The van der Waals surface area contributed by atoms with Gasteiger partial charge in [0, 0.05) is 0 Å². The molecule has 0 bridgehead atoms. The van der Waals surface area contributed by atoms with E-state index in [2.05, 4.69) is 41.5 Å². The molecule has 0 atom stereocenters. The third kappa shape index (κ3) is 12.5. The molecule has 0 fully saturated rings. The fraction of sp³-hybridized carbons (Fsp3) is 0.458. The molecule has 0 saturated carbocycles. The van der Waals surface area contributed by atoms with Gasteiger partial charge in [-0.3, -0.25) is 0 Å². The number of aryl methyl sites for hydroxylation is 2. The third-order valence-corrected chi connectivity index (χ3v) is 3.92. The van der Waals surface area contributed by atoms with Crippen LogP contribution >= 0.6 is 0 Å². The minimum absolute atomic E-state index is 0. The Morgan fingerprint density at radius 2 is 0.931 bits per heavy atom. The monoisotopic (exact) mass is 474 g/mol. The van der Waals surface area contributed by atoms with Crippen LogP contribution in [0.4, 0.5) is 0 Å². The second-order valence-electron chi connectivity index (χ2n) is 8.83. The van der Waals surface area contributed by atoms with Crippen molar-refractivity contribution in [3.63, 3.8) is 0 Å². The maximum Gasteiger partial charge on any atom is 0.119 e. The van der Waals surface area contributed by atoms with Gasteiger partial charge in [-0.25, -0.2) is 0 Å². The standard InChI is InChI=1S/2C11H16O.C2H4.2ClH.Ti/c2*1-8-5-6-10(12)9(7-8)11(2,3)4;1-2;;;/h2*5-7,12H,1-4H3;1H,2H3;2*1H;/q;;;;;+2/p-2. The molecule has 0 aromatic heterocycles. The number of rotatable bonds is 0. The molecule has 0 radical (unpaired) electrons. The van der Waals surface area contributed by atoms with E-state index in [0.29, 0.717) is 11.5 Å². The zero-order valence-corrected chi connectivity index (χ0v) is 22.3.